The third kappa shape index (κ3) is 8.94. The Morgan fingerprint density at radius 2 is 1.88 bits per heavy atom. The Bertz CT molecular complexity index is 1770. The number of hydrogen-bond donors (Lipinski definition) is 4. The summed E-state index contributed by atoms with van der Waals surface area (Å²) in [5.74, 6) is -2.11. The number of nitrogens with zero attached hydrogens (tertiary/aromatic N) is 4. The molecule has 216 valence electrons. The van der Waals surface area contributed by atoms with E-state index < -0.39 is 66.8 Å². The zero-order valence-corrected chi connectivity index (χ0v) is 28.0. The van der Waals surface area contributed by atoms with Crippen molar-refractivity contribution in [3.05, 3.63) is 69.4 Å². The number of carboxylic acids is 1. The van der Waals surface area contributed by atoms with E-state index in [1.165, 1.54) is 24.3 Å². The number of amidine groups is 1. The molecule has 1 aliphatic rings. The molecule has 2 heterocycles. The summed E-state index contributed by atoms with van der Waals surface area (Å²) in [6.45, 7) is 0. The fourth-order valence-corrected chi connectivity index (χ4v) is 4.39. The van der Waals surface area contributed by atoms with Crippen LogP contribution in [-0.4, -0.2) is 46.2 Å². The number of azo groups is 1. The molecule has 1 atom stereocenters. The van der Waals surface area contributed by atoms with Crippen LogP contribution in [0.1, 0.15) is 10.5 Å². The molecule has 0 saturated heterocycles. The maximum absolute atomic E-state index is 13.7. The fraction of sp³-hybridized carbons (Fsp3) is 0.0500. The van der Waals surface area contributed by atoms with Crippen LogP contribution < -0.4 is 80.6 Å². The van der Waals surface area contributed by atoms with E-state index in [0.29, 0.717) is 16.9 Å². The van der Waals surface area contributed by atoms with Gasteiger partial charge >= 0.3 is 65.1 Å². The summed E-state index contributed by atoms with van der Waals surface area (Å²) in [6, 6.07) is 8.42. The largest absolute Gasteiger partial charge is 1.00 e. The van der Waals surface area contributed by atoms with Crippen molar-refractivity contribution in [3.8, 4) is 5.69 Å². The first-order valence-corrected chi connectivity index (χ1v) is 13.1. The second kappa shape index (κ2) is 15.7. The third-order valence-electron chi connectivity index (χ3n) is 5.00. The van der Waals surface area contributed by atoms with Gasteiger partial charge in [0.25, 0.3) is 11.6 Å². The molecule has 0 aliphatic carbocycles. The van der Waals surface area contributed by atoms with Gasteiger partial charge in [0.15, 0.2) is 11.4 Å². The van der Waals surface area contributed by atoms with Gasteiger partial charge in [0.05, 0.1) is 34.0 Å². The zero-order valence-electron chi connectivity index (χ0n) is 21.6. The molecule has 0 radical (unpaired) electrons. The molecule has 0 amide bonds. The summed E-state index contributed by atoms with van der Waals surface area (Å²) in [5.41, 5.74) is -2.93. The predicted octanol–water partition coefficient (Wildman–Crippen LogP) is -3.53. The minimum absolute atomic E-state index is 0. The molecule has 1 aliphatic heterocycles. The van der Waals surface area contributed by atoms with Crippen LogP contribution in [-0.2, 0) is 19.5 Å². The molecule has 1 unspecified atom stereocenters. The van der Waals surface area contributed by atoms with Gasteiger partial charge in [0.1, 0.15) is 21.0 Å². The summed E-state index contributed by atoms with van der Waals surface area (Å²) in [4.78, 5) is 27.0. The second-order valence-corrected chi connectivity index (χ2v) is 10.1. The van der Waals surface area contributed by atoms with E-state index >= 15 is 0 Å². The van der Waals surface area contributed by atoms with Crippen molar-refractivity contribution in [3.63, 3.8) is 0 Å². The van der Waals surface area contributed by atoms with Gasteiger partial charge in [-0.05, 0) is 42.5 Å². The van der Waals surface area contributed by atoms with Gasteiger partial charge < -0.3 is 25.6 Å². The van der Waals surface area contributed by atoms with Crippen LogP contribution in [0.25, 0.3) is 5.69 Å². The Morgan fingerprint density at radius 1 is 1.21 bits per heavy atom. The number of nitrogens with one attached hydrogen (secondary N) is 3. The molecule has 1 aromatic heterocycles. The van der Waals surface area contributed by atoms with E-state index in [1.54, 1.807) is 0 Å². The smallest absolute Gasteiger partial charge is 0.744 e. The van der Waals surface area contributed by atoms with Gasteiger partial charge in [0.2, 0.25) is 6.30 Å². The van der Waals surface area contributed by atoms with E-state index in [-0.39, 0.29) is 70.5 Å². The predicted molar refractivity (Wildman–Crippen MR) is 133 cm³/mol. The average molecular weight is 678 g/mol. The number of aromatic carboxylic acids is 1. The maximum Gasteiger partial charge on any atom is 1.00 e. The summed E-state index contributed by atoms with van der Waals surface area (Å²) >= 11 is 6.31. The van der Waals surface area contributed by atoms with Crippen molar-refractivity contribution >= 4 is 62.9 Å². The van der Waals surface area contributed by atoms with Crippen LogP contribution in [0.15, 0.2) is 83.1 Å². The third-order valence-corrected chi connectivity index (χ3v) is 6.83. The van der Waals surface area contributed by atoms with Crippen LogP contribution in [0, 0.1) is 0 Å². The van der Waals surface area contributed by atoms with Crippen molar-refractivity contribution in [2.45, 2.75) is 16.1 Å². The first-order valence-electron chi connectivity index (χ1n) is 10.5. The number of benzene rings is 2. The number of alkyl halides is 1. The average Bonchev–Trinajstić information content (AvgIpc) is 3.25. The number of aromatic nitrogens is 2. The topological polar surface area (TPSA) is 235 Å². The monoisotopic (exact) mass is 677 g/mol. The summed E-state index contributed by atoms with van der Waals surface area (Å²) in [5, 5.41) is 36.0. The quantitative estimate of drug-likeness (QED) is 0.0311. The van der Waals surface area contributed by atoms with Crippen LogP contribution in [0.3, 0.4) is 0 Å². The number of carbonyl (C=O) groups is 1. The SMILES string of the molecule is O=C(O)c1[nH]n(-c2ccc(SOO[O-])cc2)c(=O)c1N=Nc1ccc(NC2=C(Cl)C(F)N=C(F)N2)c(S(=O)(=O)[O-])c1.[Na+].[Na+]. The molecular formula is C20H12ClF2N7Na2O9S2. The van der Waals surface area contributed by atoms with Crippen molar-refractivity contribution in [1.82, 2.24) is 15.1 Å². The molecule has 16 nitrogen and oxygen atoms in total. The summed E-state index contributed by atoms with van der Waals surface area (Å²) in [7, 11) is -5.23. The molecule has 2 aromatic carbocycles. The minimum Gasteiger partial charge on any atom is -0.744 e. The number of H-pyrrole nitrogens is 1. The molecule has 23 heteroatoms. The molecule has 43 heavy (non-hydrogen) atoms. The Hall–Kier alpha value is -2.18. The summed E-state index contributed by atoms with van der Waals surface area (Å²) < 4.78 is 67.9. The fourth-order valence-electron chi connectivity index (χ4n) is 3.24. The number of hydrogen-bond acceptors (Lipinski definition) is 14. The van der Waals surface area contributed by atoms with Gasteiger partial charge in [-0.2, -0.15) is 18.8 Å². The van der Waals surface area contributed by atoms with Crippen LogP contribution in [0.5, 0.6) is 0 Å². The standard InChI is InChI=1S/C20H14ClF2N7O9S2.2Na/c21-13-16(22)25-20(23)26-17(13)24-11-6-1-8(7-12(11)41(35,36)37)27-28-14-15(19(32)33)29-30(18(14)31)9-2-4-10(5-3-9)40-39-38-34;;/h1-7,16,24,29,34H,(H,25,26)(H,32,33)(H,35,36,37);;/q;2*+1/p-2. The zero-order chi connectivity index (χ0) is 29.9. The van der Waals surface area contributed by atoms with Crippen LogP contribution in [0.2, 0.25) is 0 Å². The molecule has 0 bridgehead atoms. The van der Waals surface area contributed by atoms with Crippen molar-refractivity contribution in [1.29, 1.82) is 0 Å². The first-order chi connectivity index (χ1) is 19.4. The Kier molecular flexibility index (Phi) is 13.5. The molecule has 0 spiro atoms. The Balaban J connectivity index is 0.00000323. The van der Waals surface area contributed by atoms with Gasteiger partial charge in [-0.15, -0.1) is 5.11 Å². The molecule has 0 saturated carbocycles. The van der Waals surface area contributed by atoms with Crippen LogP contribution >= 0.6 is 23.6 Å². The Morgan fingerprint density at radius 3 is 2.49 bits per heavy atom. The maximum atomic E-state index is 13.7. The molecule has 4 rings (SSSR count). The number of aromatic amines is 1. The van der Waals surface area contributed by atoms with E-state index in [4.69, 9.17) is 11.6 Å². The Labute approximate surface area is 292 Å². The molecule has 4 N–H and O–H groups in total. The molecular weight excluding hydrogens is 666 g/mol. The van der Waals surface area contributed by atoms with Gasteiger partial charge in [0, 0.05) is 4.90 Å². The first kappa shape index (κ1) is 37.0. The molecule has 3 aromatic rings. The van der Waals surface area contributed by atoms with Gasteiger partial charge in [-0.3, -0.25) is 14.9 Å². The van der Waals surface area contributed by atoms with E-state index in [0.717, 1.165) is 22.9 Å². The number of rotatable bonds is 10. The second-order valence-electron chi connectivity index (χ2n) is 7.56. The van der Waals surface area contributed by atoms with Crippen molar-refractivity contribution in [2.75, 3.05) is 5.32 Å². The van der Waals surface area contributed by atoms with Crippen LogP contribution in [0.4, 0.5) is 25.8 Å². The van der Waals surface area contributed by atoms with Gasteiger partial charge in [-0.1, -0.05) is 11.6 Å². The number of carboxylic acid groups (broad SMARTS) is 1. The number of halogens is 3. The van der Waals surface area contributed by atoms with Crippen molar-refractivity contribution < 1.29 is 105 Å². The van der Waals surface area contributed by atoms with E-state index in [1.807, 2.05) is 5.32 Å². The van der Waals surface area contributed by atoms with E-state index in [2.05, 4.69) is 35.0 Å². The van der Waals surface area contributed by atoms with E-state index in [9.17, 15) is 41.7 Å². The minimum atomic E-state index is -5.23. The summed E-state index contributed by atoms with van der Waals surface area (Å²) in [6.07, 6.45) is -3.66. The van der Waals surface area contributed by atoms with Crippen molar-refractivity contribution in [2.24, 2.45) is 15.2 Å². The normalized spacial score (nSPS) is 14.9. The number of anilines is 1. The van der Waals surface area contributed by atoms with Gasteiger partial charge in [-0.25, -0.2) is 22.3 Å². The molecule has 0 fully saturated rings. The number of aliphatic imine (C=N–C) groups is 1.